The highest BCUT2D eigenvalue weighted by Gasteiger charge is 2.02. The fourth-order valence-electron chi connectivity index (χ4n) is 1.91. The third-order valence-electron chi connectivity index (χ3n) is 2.69. The maximum atomic E-state index is 5.95. The lowest BCUT2D eigenvalue weighted by molar-refractivity contribution is 1.08. The van der Waals surface area contributed by atoms with Crippen molar-refractivity contribution in [1.29, 1.82) is 0 Å². The topological polar surface area (TPSA) is 26.0 Å². The van der Waals surface area contributed by atoms with Crippen LogP contribution >= 0.6 is 0 Å². The molecule has 16 heavy (non-hydrogen) atoms. The molecule has 1 aromatic carbocycles. The first-order chi connectivity index (χ1) is 7.74. The summed E-state index contributed by atoms with van der Waals surface area (Å²) in [5.41, 5.74) is 10.8. The minimum Gasteiger partial charge on any atom is -0.402 e. The Morgan fingerprint density at radius 3 is 2.62 bits per heavy atom. The quantitative estimate of drug-likeness (QED) is 0.797. The zero-order chi connectivity index (χ0) is 11.4. The largest absolute Gasteiger partial charge is 0.402 e. The molecular weight excluding hydrogens is 194 g/mol. The van der Waals surface area contributed by atoms with E-state index in [0.717, 1.165) is 18.5 Å². The van der Waals surface area contributed by atoms with Crippen molar-refractivity contribution in [3.05, 3.63) is 71.0 Å². The SMILES string of the molecule is CC1=CC=C(Cc2ccccc2)C=C(N)C1. The van der Waals surface area contributed by atoms with E-state index in [9.17, 15) is 0 Å². The Morgan fingerprint density at radius 1 is 1.12 bits per heavy atom. The summed E-state index contributed by atoms with van der Waals surface area (Å²) in [6.07, 6.45) is 8.26. The lowest BCUT2D eigenvalue weighted by atomic mass is 10.0. The van der Waals surface area contributed by atoms with E-state index in [4.69, 9.17) is 5.73 Å². The zero-order valence-electron chi connectivity index (χ0n) is 9.61. The van der Waals surface area contributed by atoms with Crippen LogP contribution in [-0.4, -0.2) is 0 Å². The van der Waals surface area contributed by atoms with Gasteiger partial charge in [0.15, 0.2) is 0 Å². The van der Waals surface area contributed by atoms with Crippen molar-refractivity contribution in [2.24, 2.45) is 5.73 Å². The molecule has 1 aliphatic carbocycles. The molecule has 0 fully saturated rings. The molecule has 1 aliphatic rings. The van der Waals surface area contributed by atoms with Gasteiger partial charge in [0.2, 0.25) is 0 Å². The Kier molecular flexibility index (Phi) is 3.25. The maximum Gasteiger partial charge on any atom is 0.0124 e. The van der Waals surface area contributed by atoms with E-state index in [1.165, 1.54) is 16.7 Å². The smallest absolute Gasteiger partial charge is 0.0124 e. The lowest BCUT2D eigenvalue weighted by Crippen LogP contribution is -1.98. The van der Waals surface area contributed by atoms with Crippen LogP contribution in [0.1, 0.15) is 18.9 Å². The lowest BCUT2D eigenvalue weighted by Gasteiger charge is -2.02. The van der Waals surface area contributed by atoms with Gasteiger partial charge < -0.3 is 5.73 Å². The number of nitrogens with two attached hydrogens (primary N) is 1. The van der Waals surface area contributed by atoms with E-state index in [-0.39, 0.29) is 0 Å². The molecule has 1 heteroatoms. The molecule has 0 atom stereocenters. The van der Waals surface area contributed by atoms with Crippen LogP contribution in [0.15, 0.2) is 65.4 Å². The standard InChI is InChI=1S/C15H17N/c1-12-7-8-14(11-15(16)9-12)10-13-5-3-2-4-6-13/h2-8,11H,9-10,16H2,1H3. The molecule has 2 rings (SSSR count). The molecule has 82 valence electrons. The first-order valence-corrected chi connectivity index (χ1v) is 5.60. The van der Waals surface area contributed by atoms with Gasteiger partial charge in [-0.15, -0.1) is 0 Å². The van der Waals surface area contributed by atoms with Crippen LogP contribution in [0.5, 0.6) is 0 Å². The second-order valence-electron chi connectivity index (χ2n) is 4.31. The Hall–Kier alpha value is -1.76. The van der Waals surface area contributed by atoms with Gasteiger partial charge in [-0.05, 0) is 30.6 Å². The molecule has 0 heterocycles. The van der Waals surface area contributed by atoms with Crippen LogP contribution in [0.2, 0.25) is 0 Å². The summed E-state index contributed by atoms with van der Waals surface area (Å²) < 4.78 is 0. The third kappa shape index (κ3) is 2.86. The fraction of sp³-hybridized carbons (Fsp3) is 0.200. The minimum atomic E-state index is 0.884. The number of hydrogen-bond acceptors (Lipinski definition) is 1. The van der Waals surface area contributed by atoms with Gasteiger partial charge in [-0.3, -0.25) is 0 Å². The predicted molar refractivity (Wildman–Crippen MR) is 68.9 cm³/mol. The molecule has 1 nitrogen and oxygen atoms in total. The van der Waals surface area contributed by atoms with Gasteiger partial charge in [-0.2, -0.15) is 0 Å². The van der Waals surface area contributed by atoms with Crippen molar-refractivity contribution >= 4 is 0 Å². The zero-order valence-corrected chi connectivity index (χ0v) is 9.61. The summed E-state index contributed by atoms with van der Waals surface area (Å²) >= 11 is 0. The van der Waals surface area contributed by atoms with Crippen LogP contribution in [0.4, 0.5) is 0 Å². The molecule has 0 aliphatic heterocycles. The van der Waals surface area contributed by atoms with E-state index >= 15 is 0 Å². The van der Waals surface area contributed by atoms with Gasteiger partial charge in [0.1, 0.15) is 0 Å². The minimum absolute atomic E-state index is 0.884. The summed E-state index contributed by atoms with van der Waals surface area (Å²) in [6, 6.07) is 10.5. The van der Waals surface area contributed by atoms with Crippen molar-refractivity contribution in [3.8, 4) is 0 Å². The van der Waals surface area contributed by atoms with Crippen LogP contribution in [0.3, 0.4) is 0 Å². The molecule has 0 unspecified atom stereocenters. The van der Waals surface area contributed by atoms with Crippen LogP contribution in [0, 0.1) is 0 Å². The summed E-state index contributed by atoms with van der Waals surface area (Å²) in [7, 11) is 0. The van der Waals surface area contributed by atoms with Crippen molar-refractivity contribution in [3.63, 3.8) is 0 Å². The molecule has 0 bridgehead atoms. The van der Waals surface area contributed by atoms with E-state index < -0.39 is 0 Å². The van der Waals surface area contributed by atoms with Crippen molar-refractivity contribution in [2.75, 3.05) is 0 Å². The normalized spacial score (nSPS) is 15.9. The number of rotatable bonds is 2. The fourth-order valence-corrected chi connectivity index (χ4v) is 1.91. The highest BCUT2D eigenvalue weighted by molar-refractivity contribution is 5.37. The highest BCUT2D eigenvalue weighted by Crippen LogP contribution is 2.17. The first kappa shape index (κ1) is 10.7. The van der Waals surface area contributed by atoms with Gasteiger partial charge in [-0.1, -0.05) is 48.1 Å². The van der Waals surface area contributed by atoms with Gasteiger partial charge in [0.25, 0.3) is 0 Å². The van der Waals surface area contributed by atoms with Gasteiger partial charge >= 0.3 is 0 Å². The summed E-state index contributed by atoms with van der Waals surface area (Å²) in [5.74, 6) is 0. The average Bonchev–Trinajstić information content (AvgIpc) is 2.41. The van der Waals surface area contributed by atoms with Crippen LogP contribution in [-0.2, 0) is 6.42 Å². The number of hydrogen-bond donors (Lipinski definition) is 1. The monoisotopic (exact) mass is 211 g/mol. The Morgan fingerprint density at radius 2 is 1.88 bits per heavy atom. The summed E-state index contributed by atoms with van der Waals surface area (Å²) in [6.45, 7) is 2.11. The number of allylic oxidation sites excluding steroid dienone is 5. The molecule has 0 amide bonds. The molecule has 1 aromatic rings. The average molecular weight is 211 g/mol. The van der Waals surface area contributed by atoms with Gasteiger partial charge in [-0.25, -0.2) is 0 Å². The Labute approximate surface area is 97.0 Å². The number of benzene rings is 1. The van der Waals surface area contributed by atoms with Crippen LogP contribution < -0.4 is 5.73 Å². The second-order valence-corrected chi connectivity index (χ2v) is 4.31. The third-order valence-corrected chi connectivity index (χ3v) is 2.69. The molecule has 0 radical (unpaired) electrons. The molecule has 0 aromatic heterocycles. The molecule has 0 saturated carbocycles. The molecule has 2 N–H and O–H groups in total. The predicted octanol–water partition coefficient (Wildman–Crippen LogP) is 3.35. The van der Waals surface area contributed by atoms with E-state index in [1.54, 1.807) is 0 Å². The summed E-state index contributed by atoms with van der Waals surface area (Å²) in [4.78, 5) is 0. The Bertz CT molecular complexity index is 450. The van der Waals surface area contributed by atoms with Crippen molar-refractivity contribution < 1.29 is 0 Å². The van der Waals surface area contributed by atoms with Gasteiger partial charge in [0, 0.05) is 12.1 Å². The molecule has 0 spiro atoms. The van der Waals surface area contributed by atoms with Gasteiger partial charge in [0.05, 0.1) is 0 Å². The van der Waals surface area contributed by atoms with E-state index in [0.29, 0.717) is 0 Å². The second kappa shape index (κ2) is 4.84. The van der Waals surface area contributed by atoms with E-state index in [2.05, 4.69) is 49.4 Å². The molecule has 0 saturated heterocycles. The Balaban J connectivity index is 2.19. The summed E-state index contributed by atoms with van der Waals surface area (Å²) in [5, 5.41) is 0. The molecular formula is C15H17N. The van der Waals surface area contributed by atoms with E-state index in [1.807, 2.05) is 6.07 Å². The first-order valence-electron chi connectivity index (χ1n) is 5.60. The van der Waals surface area contributed by atoms with Crippen molar-refractivity contribution in [1.82, 2.24) is 0 Å². The maximum absolute atomic E-state index is 5.95. The van der Waals surface area contributed by atoms with Crippen LogP contribution in [0.25, 0.3) is 0 Å². The highest BCUT2D eigenvalue weighted by atomic mass is 14.6. The van der Waals surface area contributed by atoms with Crippen molar-refractivity contribution in [2.45, 2.75) is 19.8 Å².